The minimum atomic E-state index is -3.35. The molecule has 1 aliphatic heterocycles. The molecule has 3 aromatic rings. The van der Waals surface area contributed by atoms with E-state index in [1.807, 2.05) is 25.1 Å². The van der Waals surface area contributed by atoms with Gasteiger partial charge < -0.3 is 14.5 Å². The van der Waals surface area contributed by atoms with Gasteiger partial charge >= 0.3 is 0 Å². The number of fused-ring (bicyclic) bond motifs is 1. The maximum absolute atomic E-state index is 12.9. The van der Waals surface area contributed by atoms with Crippen LogP contribution in [0.4, 0.5) is 5.13 Å². The quantitative estimate of drug-likeness (QED) is 0.541. The Morgan fingerprint density at radius 1 is 1.09 bits per heavy atom. The monoisotopic (exact) mass is 473 g/mol. The third-order valence-electron chi connectivity index (χ3n) is 5.56. The Balaban J connectivity index is 1.43. The van der Waals surface area contributed by atoms with E-state index < -0.39 is 15.1 Å². The SMILES string of the molecule is CCOc1cccc2sc(N3CCN(C(=O)c4ccc(S(=O)(=O)C(C)C)cc4)CC3)nc12. The zero-order valence-corrected chi connectivity index (χ0v) is 20.1. The summed E-state index contributed by atoms with van der Waals surface area (Å²) < 4.78 is 31.4. The summed E-state index contributed by atoms with van der Waals surface area (Å²) in [5.41, 5.74) is 1.38. The number of piperazine rings is 1. The van der Waals surface area contributed by atoms with E-state index in [0.717, 1.165) is 21.1 Å². The van der Waals surface area contributed by atoms with Crippen LogP contribution in [0.3, 0.4) is 0 Å². The van der Waals surface area contributed by atoms with Crippen molar-refractivity contribution >= 4 is 42.4 Å². The fourth-order valence-electron chi connectivity index (χ4n) is 3.66. The Bertz CT molecular complexity index is 1210. The first-order chi connectivity index (χ1) is 15.3. The number of nitrogens with zero attached hydrogens (tertiary/aromatic N) is 3. The number of hydrogen-bond acceptors (Lipinski definition) is 7. The molecule has 1 saturated heterocycles. The van der Waals surface area contributed by atoms with Gasteiger partial charge in [0.05, 0.1) is 21.5 Å². The molecule has 1 amide bonds. The van der Waals surface area contributed by atoms with Gasteiger partial charge in [-0.1, -0.05) is 17.4 Å². The summed E-state index contributed by atoms with van der Waals surface area (Å²) in [6.07, 6.45) is 0. The van der Waals surface area contributed by atoms with Crippen molar-refractivity contribution in [2.45, 2.75) is 30.9 Å². The number of ether oxygens (including phenoxy) is 1. The van der Waals surface area contributed by atoms with Crippen molar-refractivity contribution in [2.24, 2.45) is 0 Å². The van der Waals surface area contributed by atoms with Crippen LogP contribution in [0.1, 0.15) is 31.1 Å². The minimum Gasteiger partial charge on any atom is -0.492 e. The van der Waals surface area contributed by atoms with Crippen molar-refractivity contribution in [3.8, 4) is 5.75 Å². The van der Waals surface area contributed by atoms with Crippen LogP contribution < -0.4 is 9.64 Å². The third kappa shape index (κ3) is 4.31. The molecule has 170 valence electrons. The zero-order valence-electron chi connectivity index (χ0n) is 18.4. The molecule has 1 aromatic heterocycles. The molecule has 0 unspecified atom stereocenters. The number of sulfone groups is 1. The van der Waals surface area contributed by atoms with Crippen molar-refractivity contribution in [1.82, 2.24) is 9.88 Å². The van der Waals surface area contributed by atoms with Gasteiger partial charge in [-0.25, -0.2) is 13.4 Å². The Morgan fingerprint density at radius 2 is 1.78 bits per heavy atom. The minimum absolute atomic E-state index is 0.0823. The molecule has 7 nitrogen and oxygen atoms in total. The number of anilines is 1. The lowest BCUT2D eigenvalue weighted by molar-refractivity contribution is 0.0746. The molecule has 0 saturated carbocycles. The molecule has 2 aromatic carbocycles. The molecule has 0 aliphatic carbocycles. The highest BCUT2D eigenvalue weighted by atomic mass is 32.2. The highest BCUT2D eigenvalue weighted by Gasteiger charge is 2.25. The van der Waals surface area contributed by atoms with Gasteiger partial charge in [-0.3, -0.25) is 4.79 Å². The summed E-state index contributed by atoms with van der Waals surface area (Å²) in [4.78, 5) is 22.0. The predicted octanol–water partition coefficient (Wildman–Crippen LogP) is 3.84. The van der Waals surface area contributed by atoms with Gasteiger partial charge in [0.25, 0.3) is 5.91 Å². The zero-order chi connectivity index (χ0) is 22.9. The third-order valence-corrected chi connectivity index (χ3v) is 8.81. The van der Waals surface area contributed by atoms with Crippen molar-refractivity contribution in [3.63, 3.8) is 0 Å². The number of rotatable bonds is 6. The summed E-state index contributed by atoms with van der Waals surface area (Å²) in [6.45, 7) is 8.40. The standard InChI is InChI=1S/C23H27N3O4S2/c1-4-30-19-6-5-7-20-21(19)24-23(31-20)26-14-12-25(13-15-26)22(27)17-8-10-18(11-9-17)32(28,29)16(2)3/h5-11,16H,4,12-15H2,1-3H3. The highest BCUT2D eigenvalue weighted by molar-refractivity contribution is 7.92. The molecule has 0 bridgehead atoms. The lowest BCUT2D eigenvalue weighted by Gasteiger charge is -2.34. The molecule has 1 fully saturated rings. The molecular weight excluding hydrogens is 446 g/mol. The number of carbonyl (C=O) groups excluding carboxylic acids is 1. The highest BCUT2D eigenvalue weighted by Crippen LogP contribution is 2.34. The molecule has 0 spiro atoms. The molecule has 4 rings (SSSR count). The predicted molar refractivity (Wildman–Crippen MR) is 128 cm³/mol. The van der Waals surface area contributed by atoms with Gasteiger partial charge in [0.15, 0.2) is 15.0 Å². The van der Waals surface area contributed by atoms with Gasteiger partial charge in [-0.05, 0) is 57.2 Å². The summed E-state index contributed by atoms with van der Waals surface area (Å²) >= 11 is 1.63. The fraction of sp³-hybridized carbons (Fsp3) is 0.391. The number of hydrogen-bond donors (Lipinski definition) is 0. The summed E-state index contributed by atoms with van der Waals surface area (Å²) in [7, 11) is -3.35. The smallest absolute Gasteiger partial charge is 0.253 e. The van der Waals surface area contributed by atoms with Gasteiger partial charge in [0.1, 0.15) is 11.3 Å². The molecule has 0 atom stereocenters. The van der Waals surface area contributed by atoms with Gasteiger partial charge in [0, 0.05) is 31.7 Å². The Labute approximate surface area is 192 Å². The largest absolute Gasteiger partial charge is 0.492 e. The van der Waals surface area contributed by atoms with Crippen LogP contribution in [-0.4, -0.2) is 62.2 Å². The van der Waals surface area contributed by atoms with E-state index in [-0.39, 0.29) is 10.8 Å². The van der Waals surface area contributed by atoms with Gasteiger partial charge in [-0.2, -0.15) is 0 Å². The van der Waals surface area contributed by atoms with Crippen LogP contribution in [0.25, 0.3) is 10.2 Å². The summed E-state index contributed by atoms with van der Waals surface area (Å²) in [5.74, 6) is 0.713. The Hall–Kier alpha value is -2.65. The van der Waals surface area contributed by atoms with Crippen molar-refractivity contribution < 1.29 is 17.9 Å². The second-order valence-electron chi connectivity index (χ2n) is 7.93. The first kappa shape index (κ1) is 22.5. The number of thiazole rings is 1. The van der Waals surface area contributed by atoms with Gasteiger partial charge in [0.2, 0.25) is 0 Å². The van der Waals surface area contributed by atoms with E-state index in [4.69, 9.17) is 9.72 Å². The molecule has 32 heavy (non-hydrogen) atoms. The number of amides is 1. The van der Waals surface area contributed by atoms with Crippen LogP contribution in [0, 0.1) is 0 Å². The summed E-state index contributed by atoms with van der Waals surface area (Å²) in [5, 5.41) is 0.437. The van der Waals surface area contributed by atoms with Crippen molar-refractivity contribution in [3.05, 3.63) is 48.0 Å². The fourth-order valence-corrected chi connectivity index (χ4v) is 5.76. The van der Waals surface area contributed by atoms with E-state index in [2.05, 4.69) is 4.90 Å². The first-order valence-corrected chi connectivity index (χ1v) is 13.1. The Morgan fingerprint density at radius 3 is 2.41 bits per heavy atom. The number of aromatic nitrogens is 1. The van der Waals surface area contributed by atoms with Crippen molar-refractivity contribution in [2.75, 3.05) is 37.7 Å². The topological polar surface area (TPSA) is 79.8 Å². The second-order valence-corrected chi connectivity index (χ2v) is 11.4. The first-order valence-electron chi connectivity index (χ1n) is 10.7. The number of carbonyl (C=O) groups is 1. The van der Waals surface area contributed by atoms with Crippen LogP contribution in [0.2, 0.25) is 0 Å². The molecule has 1 aliphatic rings. The molecular formula is C23H27N3O4S2. The molecule has 0 radical (unpaired) electrons. The van der Waals surface area contributed by atoms with E-state index in [0.29, 0.717) is 38.3 Å². The van der Waals surface area contributed by atoms with E-state index in [1.165, 1.54) is 12.1 Å². The van der Waals surface area contributed by atoms with E-state index in [1.54, 1.807) is 42.2 Å². The molecule has 0 N–H and O–H groups in total. The Kier molecular flexibility index (Phi) is 6.39. The molecule has 9 heteroatoms. The second kappa shape index (κ2) is 9.07. The van der Waals surface area contributed by atoms with Crippen LogP contribution >= 0.6 is 11.3 Å². The lowest BCUT2D eigenvalue weighted by atomic mass is 10.2. The maximum atomic E-state index is 12.9. The van der Waals surface area contributed by atoms with Crippen LogP contribution in [0.5, 0.6) is 5.75 Å². The van der Waals surface area contributed by atoms with Crippen LogP contribution in [0.15, 0.2) is 47.4 Å². The average molecular weight is 474 g/mol. The summed E-state index contributed by atoms with van der Waals surface area (Å²) in [6, 6.07) is 12.2. The van der Waals surface area contributed by atoms with E-state index >= 15 is 0 Å². The average Bonchev–Trinajstić information content (AvgIpc) is 3.24. The lowest BCUT2D eigenvalue weighted by Crippen LogP contribution is -2.48. The number of benzene rings is 2. The van der Waals surface area contributed by atoms with Crippen LogP contribution in [-0.2, 0) is 9.84 Å². The van der Waals surface area contributed by atoms with Crippen molar-refractivity contribution in [1.29, 1.82) is 0 Å². The van der Waals surface area contributed by atoms with E-state index in [9.17, 15) is 13.2 Å². The number of para-hydroxylation sites is 1. The molecule has 2 heterocycles. The normalized spacial score (nSPS) is 14.9. The maximum Gasteiger partial charge on any atom is 0.253 e. The van der Waals surface area contributed by atoms with Gasteiger partial charge in [-0.15, -0.1) is 0 Å².